The average molecular weight is 714 g/mol. The summed E-state index contributed by atoms with van der Waals surface area (Å²) in [6.45, 7) is 0. The van der Waals surface area contributed by atoms with E-state index in [1.165, 1.54) is 54.6 Å². The number of furan rings is 1. The van der Waals surface area contributed by atoms with Gasteiger partial charge in [0.05, 0.1) is 16.8 Å². The van der Waals surface area contributed by atoms with Crippen LogP contribution in [-0.2, 0) is 0 Å². The van der Waals surface area contributed by atoms with Crippen LogP contribution in [0.1, 0.15) is 0 Å². The van der Waals surface area contributed by atoms with Gasteiger partial charge >= 0.3 is 0 Å². The molecule has 262 valence electrons. The Morgan fingerprint density at radius 3 is 1.66 bits per heavy atom. The van der Waals surface area contributed by atoms with Crippen molar-refractivity contribution in [3.63, 3.8) is 0 Å². The number of para-hydroxylation sites is 1. The molecule has 0 aliphatic heterocycles. The van der Waals surface area contributed by atoms with Crippen molar-refractivity contribution in [1.29, 1.82) is 0 Å². The first kappa shape index (κ1) is 32.0. The quantitative estimate of drug-likeness (QED) is 0.160. The van der Waals surface area contributed by atoms with Gasteiger partial charge in [0, 0.05) is 16.6 Å². The lowest BCUT2D eigenvalue weighted by Gasteiger charge is -2.28. The molecule has 1 aromatic heterocycles. The Morgan fingerprint density at radius 1 is 0.304 bits per heavy atom. The van der Waals surface area contributed by atoms with E-state index < -0.39 is 0 Å². The molecule has 10 aromatic carbocycles. The first-order valence-corrected chi connectivity index (χ1v) is 19.2. The van der Waals surface area contributed by atoms with Crippen LogP contribution in [0.4, 0.5) is 17.1 Å². The molecule has 56 heavy (non-hydrogen) atoms. The number of fused-ring (bicyclic) bond motifs is 7. The van der Waals surface area contributed by atoms with Crippen LogP contribution in [0.15, 0.2) is 217 Å². The molecule has 0 aliphatic rings. The maximum atomic E-state index is 6.60. The molecule has 0 saturated carbocycles. The molecule has 0 aliphatic carbocycles. The van der Waals surface area contributed by atoms with Crippen molar-refractivity contribution in [2.75, 3.05) is 4.90 Å². The van der Waals surface area contributed by atoms with E-state index in [0.29, 0.717) is 0 Å². The summed E-state index contributed by atoms with van der Waals surface area (Å²) in [4.78, 5) is 2.40. The van der Waals surface area contributed by atoms with Crippen molar-refractivity contribution in [2.24, 2.45) is 0 Å². The van der Waals surface area contributed by atoms with E-state index in [0.717, 1.165) is 50.1 Å². The van der Waals surface area contributed by atoms with Gasteiger partial charge in [0.15, 0.2) is 0 Å². The molecule has 0 fully saturated rings. The smallest absolute Gasteiger partial charge is 0.137 e. The fraction of sp³-hybridized carbons (Fsp3) is 0. The van der Waals surface area contributed by atoms with Gasteiger partial charge in [-0.15, -0.1) is 0 Å². The topological polar surface area (TPSA) is 16.4 Å². The second kappa shape index (κ2) is 13.2. The molecule has 2 heteroatoms. The van der Waals surface area contributed by atoms with E-state index in [4.69, 9.17) is 4.42 Å². The van der Waals surface area contributed by atoms with Crippen molar-refractivity contribution in [1.82, 2.24) is 0 Å². The zero-order valence-electron chi connectivity index (χ0n) is 30.6. The minimum Gasteiger partial charge on any atom is -0.456 e. The molecule has 11 aromatic rings. The number of hydrogen-bond donors (Lipinski definition) is 0. The van der Waals surface area contributed by atoms with Crippen molar-refractivity contribution in [3.05, 3.63) is 212 Å². The van der Waals surface area contributed by atoms with Gasteiger partial charge in [-0.2, -0.15) is 0 Å². The third kappa shape index (κ3) is 5.34. The Morgan fingerprint density at radius 2 is 0.875 bits per heavy atom. The first-order chi connectivity index (χ1) is 27.8. The van der Waals surface area contributed by atoms with Crippen LogP contribution in [0.25, 0.3) is 87.6 Å². The molecule has 0 radical (unpaired) electrons. The van der Waals surface area contributed by atoms with Crippen LogP contribution >= 0.6 is 0 Å². The van der Waals surface area contributed by atoms with Gasteiger partial charge in [0.25, 0.3) is 0 Å². The summed E-state index contributed by atoms with van der Waals surface area (Å²) in [6.07, 6.45) is 0. The Kier molecular flexibility index (Phi) is 7.53. The molecule has 0 bridgehead atoms. The maximum Gasteiger partial charge on any atom is 0.137 e. The van der Waals surface area contributed by atoms with Crippen LogP contribution in [0.2, 0.25) is 0 Å². The summed E-state index contributed by atoms with van der Waals surface area (Å²) in [5.74, 6) is 0. The molecule has 0 saturated heterocycles. The van der Waals surface area contributed by atoms with Crippen LogP contribution in [0, 0.1) is 0 Å². The highest BCUT2D eigenvalue weighted by Crippen LogP contribution is 2.47. The van der Waals surface area contributed by atoms with Gasteiger partial charge in [-0.1, -0.05) is 164 Å². The largest absolute Gasteiger partial charge is 0.456 e. The summed E-state index contributed by atoms with van der Waals surface area (Å²) in [7, 11) is 0. The van der Waals surface area contributed by atoms with Crippen molar-refractivity contribution in [2.45, 2.75) is 0 Å². The third-order valence-corrected chi connectivity index (χ3v) is 11.2. The van der Waals surface area contributed by atoms with Gasteiger partial charge in [-0.25, -0.2) is 0 Å². The normalized spacial score (nSPS) is 11.6. The SMILES string of the molecule is c1ccc(-c2ccc(N(c3ccccc3-c3ccc(-c4cc5ccccc5c5ccccc45)cc3)c3cccc4oc5cc6ccccc6cc5c34)cc2)cc1. The molecule has 0 spiro atoms. The Balaban J connectivity index is 1.09. The summed E-state index contributed by atoms with van der Waals surface area (Å²) in [5, 5.41) is 9.62. The zero-order chi connectivity index (χ0) is 37.0. The van der Waals surface area contributed by atoms with Crippen LogP contribution in [0.3, 0.4) is 0 Å². The summed E-state index contributed by atoms with van der Waals surface area (Å²) < 4.78 is 6.60. The molecular weight excluding hydrogens is 679 g/mol. The molecule has 0 atom stereocenters. The van der Waals surface area contributed by atoms with Gasteiger partial charge in [0.2, 0.25) is 0 Å². The highest BCUT2D eigenvalue weighted by atomic mass is 16.3. The molecule has 2 nitrogen and oxygen atoms in total. The zero-order valence-corrected chi connectivity index (χ0v) is 30.6. The highest BCUT2D eigenvalue weighted by Gasteiger charge is 2.22. The first-order valence-electron chi connectivity index (χ1n) is 19.2. The second-order valence-electron chi connectivity index (χ2n) is 14.5. The molecule has 0 unspecified atom stereocenters. The number of nitrogens with zero attached hydrogens (tertiary/aromatic N) is 1. The number of anilines is 3. The lowest BCUT2D eigenvalue weighted by molar-refractivity contribution is 0.669. The van der Waals surface area contributed by atoms with Gasteiger partial charge in [-0.3, -0.25) is 0 Å². The number of rotatable bonds is 6. The molecular formula is C54H35NO. The molecule has 1 heterocycles. The summed E-state index contributed by atoms with van der Waals surface area (Å²) in [5.41, 5.74) is 12.1. The van der Waals surface area contributed by atoms with Gasteiger partial charge in [0.1, 0.15) is 11.2 Å². The Hall–Kier alpha value is -7.42. The standard InChI is InChI=1S/C54H35NO/c1-2-13-36(14-3-1)37-29-31-43(32-30-37)55(51-23-12-24-52-54(51)49-33-40-15-4-5-16-41(40)35-53(49)56-52)50-22-11-10-19-45(50)38-25-27-39(28-26-38)48-34-42-17-6-7-18-44(42)46-20-8-9-21-47(46)48/h1-35H. The van der Waals surface area contributed by atoms with Crippen LogP contribution < -0.4 is 4.90 Å². The Labute approximate surface area is 325 Å². The number of benzene rings is 10. The van der Waals surface area contributed by atoms with Crippen molar-refractivity contribution in [3.8, 4) is 33.4 Å². The molecule has 11 rings (SSSR count). The molecule has 0 amide bonds. The average Bonchev–Trinajstić information content (AvgIpc) is 3.64. The fourth-order valence-corrected chi connectivity index (χ4v) is 8.56. The second-order valence-corrected chi connectivity index (χ2v) is 14.5. The number of hydrogen-bond acceptors (Lipinski definition) is 2. The van der Waals surface area contributed by atoms with E-state index in [2.05, 4.69) is 217 Å². The summed E-state index contributed by atoms with van der Waals surface area (Å²) >= 11 is 0. The predicted molar refractivity (Wildman–Crippen MR) is 237 cm³/mol. The predicted octanol–water partition coefficient (Wildman–Crippen LogP) is 15.5. The van der Waals surface area contributed by atoms with E-state index in [1.807, 2.05) is 0 Å². The van der Waals surface area contributed by atoms with Crippen molar-refractivity contribution >= 4 is 71.3 Å². The maximum absolute atomic E-state index is 6.60. The monoisotopic (exact) mass is 713 g/mol. The van der Waals surface area contributed by atoms with Gasteiger partial charge < -0.3 is 9.32 Å². The van der Waals surface area contributed by atoms with Crippen LogP contribution in [0.5, 0.6) is 0 Å². The van der Waals surface area contributed by atoms with E-state index in [9.17, 15) is 0 Å². The lowest BCUT2D eigenvalue weighted by atomic mass is 9.92. The minimum absolute atomic E-state index is 0.864. The lowest BCUT2D eigenvalue weighted by Crippen LogP contribution is -2.11. The highest BCUT2D eigenvalue weighted by molar-refractivity contribution is 6.17. The molecule has 0 N–H and O–H groups in total. The van der Waals surface area contributed by atoms with E-state index >= 15 is 0 Å². The minimum atomic E-state index is 0.864. The summed E-state index contributed by atoms with van der Waals surface area (Å²) in [6, 6.07) is 76.5. The van der Waals surface area contributed by atoms with E-state index in [-0.39, 0.29) is 0 Å². The van der Waals surface area contributed by atoms with Gasteiger partial charge in [-0.05, 0) is 109 Å². The van der Waals surface area contributed by atoms with Crippen LogP contribution in [-0.4, -0.2) is 0 Å². The van der Waals surface area contributed by atoms with E-state index in [1.54, 1.807) is 0 Å². The van der Waals surface area contributed by atoms with Crippen molar-refractivity contribution < 1.29 is 4.42 Å². The Bertz CT molecular complexity index is 3230. The third-order valence-electron chi connectivity index (χ3n) is 11.2. The fourth-order valence-electron chi connectivity index (χ4n) is 8.56.